The summed E-state index contributed by atoms with van der Waals surface area (Å²) in [4.78, 5) is 40.1. The molecule has 25 heavy (non-hydrogen) atoms. The molecule has 1 fully saturated rings. The molecule has 1 aromatic heterocycles. The van der Waals surface area contributed by atoms with Crippen molar-refractivity contribution >= 4 is 28.7 Å². The van der Waals surface area contributed by atoms with Gasteiger partial charge in [0, 0.05) is 23.9 Å². The van der Waals surface area contributed by atoms with Gasteiger partial charge in [0.05, 0.1) is 12.6 Å². The zero-order chi connectivity index (χ0) is 17.8. The number of esters is 1. The molecule has 2 N–H and O–H groups in total. The Morgan fingerprint density at radius 2 is 2.12 bits per heavy atom. The normalized spacial score (nSPS) is 17.8. The number of methoxy groups -OCH3 is 1. The number of ether oxygens (including phenoxy) is 1. The molecule has 2 amide bonds. The Morgan fingerprint density at radius 1 is 1.32 bits per heavy atom. The fourth-order valence-electron chi connectivity index (χ4n) is 2.85. The van der Waals surface area contributed by atoms with Gasteiger partial charge in [-0.15, -0.1) is 0 Å². The van der Waals surface area contributed by atoms with E-state index in [0.29, 0.717) is 18.5 Å². The van der Waals surface area contributed by atoms with Gasteiger partial charge in [-0.05, 0) is 18.6 Å². The number of aromatic nitrogens is 1. The van der Waals surface area contributed by atoms with Crippen LogP contribution in [-0.2, 0) is 25.5 Å². The van der Waals surface area contributed by atoms with E-state index in [1.165, 1.54) is 7.11 Å². The fourth-order valence-corrected chi connectivity index (χ4v) is 2.85. The van der Waals surface area contributed by atoms with Gasteiger partial charge in [-0.2, -0.15) is 0 Å². The molecule has 1 aliphatic rings. The van der Waals surface area contributed by atoms with Crippen LogP contribution in [0.1, 0.15) is 18.5 Å². The molecule has 2 atom stereocenters. The van der Waals surface area contributed by atoms with Gasteiger partial charge < -0.3 is 15.4 Å². The number of benzene rings is 1. The van der Waals surface area contributed by atoms with Crippen LogP contribution < -0.4 is 10.6 Å². The van der Waals surface area contributed by atoms with Crippen LogP contribution in [0.3, 0.4) is 0 Å². The van der Waals surface area contributed by atoms with Gasteiger partial charge in [0.2, 0.25) is 11.8 Å². The Labute approximate surface area is 144 Å². The Bertz CT molecular complexity index is 821. The molecule has 2 heterocycles. The van der Waals surface area contributed by atoms with Crippen molar-refractivity contribution in [1.29, 1.82) is 0 Å². The lowest BCUT2D eigenvalue weighted by molar-refractivity contribution is -0.145. The van der Waals surface area contributed by atoms with E-state index in [9.17, 15) is 14.4 Å². The molecule has 7 heteroatoms. The molecule has 0 radical (unpaired) electrons. The quantitative estimate of drug-likeness (QED) is 0.781. The zero-order valence-electron chi connectivity index (χ0n) is 13.8. The molecular formula is C18H19N3O4. The molecule has 0 bridgehead atoms. The number of amides is 2. The monoisotopic (exact) mass is 341 g/mol. The highest BCUT2D eigenvalue weighted by Gasteiger charge is 2.31. The summed E-state index contributed by atoms with van der Waals surface area (Å²) in [6, 6.07) is 9.94. The minimum Gasteiger partial charge on any atom is -0.467 e. The van der Waals surface area contributed by atoms with Crippen molar-refractivity contribution in [2.45, 2.75) is 31.3 Å². The first-order valence-corrected chi connectivity index (χ1v) is 8.09. The molecule has 1 saturated heterocycles. The van der Waals surface area contributed by atoms with E-state index in [0.717, 1.165) is 10.9 Å². The fraction of sp³-hybridized carbons (Fsp3) is 0.333. The third-order valence-electron chi connectivity index (χ3n) is 4.18. The molecule has 1 aliphatic heterocycles. The summed E-state index contributed by atoms with van der Waals surface area (Å²) >= 11 is 0. The molecule has 130 valence electrons. The molecule has 2 aromatic rings. The van der Waals surface area contributed by atoms with E-state index in [2.05, 4.69) is 15.6 Å². The summed E-state index contributed by atoms with van der Waals surface area (Å²) < 4.78 is 4.79. The highest BCUT2D eigenvalue weighted by atomic mass is 16.5. The van der Waals surface area contributed by atoms with Crippen LogP contribution in [0.4, 0.5) is 0 Å². The highest BCUT2D eigenvalue weighted by Crippen LogP contribution is 2.14. The van der Waals surface area contributed by atoms with Gasteiger partial charge in [-0.25, -0.2) is 4.79 Å². The van der Waals surface area contributed by atoms with Crippen LogP contribution in [0.2, 0.25) is 0 Å². The van der Waals surface area contributed by atoms with Gasteiger partial charge in [0.1, 0.15) is 12.1 Å². The molecule has 7 nitrogen and oxygen atoms in total. The molecule has 0 aliphatic carbocycles. The van der Waals surface area contributed by atoms with Gasteiger partial charge >= 0.3 is 5.97 Å². The third-order valence-corrected chi connectivity index (χ3v) is 4.18. The van der Waals surface area contributed by atoms with Crippen molar-refractivity contribution in [2.24, 2.45) is 0 Å². The second-order valence-corrected chi connectivity index (χ2v) is 5.94. The summed E-state index contributed by atoms with van der Waals surface area (Å²) in [7, 11) is 1.27. The average Bonchev–Trinajstić information content (AvgIpc) is 3.07. The van der Waals surface area contributed by atoms with Crippen LogP contribution in [0, 0.1) is 0 Å². The standard InChI is InChI=1S/C18H19N3O4/c1-25-18(24)15(21-17(23)14-8-9-16(22)20-14)10-12-7-6-11-4-2-3-5-13(11)19-12/h2-7,14-15H,8-10H2,1H3,(H,20,22)(H,21,23)/t14-,15+/m1/s1. The second-order valence-electron chi connectivity index (χ2n) is 5.94. The Balaban J connectivity index is 1.74. The number of hydrogen-bond donors (Lipinski definition) is 2. The maximum atomic E-state index is 12.3. The lowest BCUT2D eigenvalue weighted by Gasteiger charge is -2.19. The number of nitrogens with zero attached hydrogens (tertiary/aromatic N) is 1. The number of pyridine rings is 1. The SMILES string of the molecule is COC(=O)[C@H](Cc1ccc2ccccc2n1)NC(=O)[C@H]1CCC(=O)N1. The molecule has 0 unspecified atom stereocenters. The summed E-state index contributed by atoms with van der Waals surface area (Å²) in [5, 5.41) is 6.24. The third kappa shape index (κ3) is 3.93. The maximum absolute atomic E-state index is 12.3. The smallest absolute Gasteiger partial charge is 0.328 e. The zero-order valence-corrected chi connectivity index (χ0v) is 13.8. The lowest BCUT2D eigenvalue weighted by atomic mass is 10.1. The number of fused-ring (bicyclic) bond motifs is 1. The number of para-hydroxylation sites is 1. The first-order chi connectivity index (χ1) is 12.1. The van der Waals surface area contributed by atoms with Crippen molar-refractivity contribution in [3.8, 4) is 0 Å². The van der Waals surface area contributed by atoms with Crippen LogP contribution in [0.25, 0.3) is 10.9 Å². The predicted octanol–water partition coefficient (Wildman–Crippen LogP) is 0.714. The highest BCUT2D eigenvalue weighted by molar-refractivity contribution is 5.93. The minimum absolute atomic E-state index is 0.161. The van der Waals surface area contributed by atoms with E-state index in [1.54, 1.807) is 0 Å². The second kappa shape index (κ2) is 7.29. The summed E-state index contributed by atoms with van der Waals surface area (Å²) in [6.45, 7) is 0. The number of carbonyl (C=O) groups excluding carboxylic acids is 3. The lowest BCUT2D eigenvalue weighted by Crippen LogP contribution is -2.50. The predicted molar refractivity (Wildman–Crippen MR) is 90.6 cm³/mol. The molecule has 0 spiro atoms. The first kappa shape index (κ1) is 16.9. The summed E-state index contributed by atoms with van der Waals surface area (Å²) in [5.41, 5.74) is 1.49. The summed E-state index contributed by atoms with van der Waals surface area (Å²) in [6.07, 6.45) is 0.948. The largest absolute Gasteiger partial charge is 0.467 e. The van der Waals surface area contributed by atoms with Gasteiger partial charge in [-0.1, -0.05) is 24.3 Å². The van der Waals surface area contributed by atoms with Crippen LogP contribution >= 0.6 is 0 Å². The molecular weight excluding hydrogens is 322 g/mol. The minimum atomic E-state index is -0.858. The molecule has 0 saturated carbocycles. The van der Waals surface area contributed by atoms with Gasteiger partial charge in [0.15, 0.2) is 0 Å². The van der Waals surface area contributed by atoms with E-state index in [-0.39, 0.29) is 18.2 Å². The molecule has 3 rings (SSSR count). The van der Waals surface area contributed by atoms with E-state index >= 15 is 0 Å². The first-order valence-electron chi connectivity index (χ1n) is 8.09. The van der Waals surface area contributed by atoms with Crippen molar-refractivity contribution in [2.75, 3.05) is 7.11 Å². The van der Waals surface area contributed by atoms with Gasteiger partial charge in [0.25, 0.3) is 0 Å². The number of rotatable bonds is 5. The van der Waals surface area contributed by atoms with Gasteiger partial charge in [-0.3, -0.25) is 14.6 Å². The van der Waals surface area contributed by atoms with Crippen molar-refractivity contribution in [1.82, 2.24) is 15.6 Å². The van der Waals surface area contributed by atoms with Crippen LogP contribution in [0.15, 0.2) is 36.4 Å². The van der Waals surface area contributed by atoms with E-state index in [1.807, 2.05) is 36.4 Å². The maximum Gasteiger partial charge on any atom is 0.328 e. The Kier molecular flexibility index (Phi) is 4.92. The van der Waals surface area contributed by atoms with E-state index in [4.69, 9.17) is 4.74 Å². The van der Waals surface area contributed by atoms with E-state index < -0.39 is 18.1 Å². The van der Waals surface area contributed by atoms with Crippen LogP contribution in [0.5, 0.6) is 0 Å². The molecule has 1 aromatic carbocycles. The van der Waals surface area contributed by atoms with Crippen molar-refractivity contribution in [3.63, 3.8) is 0 Å². The number of carbonyl (C=O) groups is 3. The Morgan fingerprint density at radius 3 is 2.84 bits per heavy atom. The van der Waals surface area contributed by atoms with Crippen molar-refractivity contribution < 1.29 is 19.1 Å². The van der Waals surface area contributed by atoms with Crippen molar-refractivity contribution in [3.05, 3.63) is 42.1 Å². The topological polar surface area (TPSA) is 97.4 Å². The average molecular weight is 341 g/mol. The van der Waals surface area contributed by atoms with Crippen LogP contribution in [-0.4, -0.2) is 42.0 Å². The number of hydrogen-bond acceptors (Lipinski definition) is 5. The summed E-state index contributed by atoms with van der Waals surface area (Å²) in [5.74, 6) is -1.10. The Hall–Kier alpha value is -2.96. The number of nitrogens with one attached hydrogen (secondary N) is 2.